The van der Waals surface area contributed by atoms with Gasteiger partial charge in [-0.25, -0.2) is 0 Å². The molecule has 0 radical (unpaired) electrons. The second-order valence-electron chi connectivity index (χ2n) is 4.34. The molecule has 0 atom stereocenters. The number of halogens is 1. The van der Waals surface area contributed by atoms with Crippen LogP contribution in [0.5, 0.6) is 11.5 Å². The van der Waals surface area contributed by atoms with Crippen LogP contribution in [-0.4, -0.2) is 13.0 Å². The molecule has 2 aromatic rings. The lowest BCUT2D eigenvalue weighted by Crippen LogP contribution is -2.17. The van der Waals surface area contributed by atoms with Crippen LogP contribution < -0.4 is 15.8 Å². The number of ether oxygens (including phenoxy) is 1. The normalized spacial score (nSPS) is 10.2. The molecule has 0 bridgehead atoms. The van der Waals surface area contributed by atoms with Crippen LogP contribution in [-0.2, 0) is 0 Å². The Labute approximate surface area is 126 Å². The molecule has 0 aliphatic heterocycles. The predicted octanol–water partition coefficient (Wildman–Crippen LogP) is 3.49. The zero-order valence-corrected chi connectivity index (χ0v) is 12.8. The standard InChI is InChI=1S/C15H15BrN2O2/c1-9-7-11(4-5-12(9)16)20-14-6-3-10(8-13(14)17)15(19)18-2/h3-8H,17H2,1-2H3,(H,18,19). The molecule has 0 saturated carbocycles. The number of anilines is 1. The fourth-order valence-electron chi connectivity index (χ4n) is 1.73. The molecule has 0 aromatic heterocycles. The Morgan fingerprint density at radius 3 is 2.60 bits per heavy atom. The van der Waals surface area contributed by atoms with E-state index in [1.165, 1.54) is 0 Å². The lowest BCUT2D eigenvalue weighted by molar-refractivity contribution is 0.0963. The van der Waals surface area contributed by atoms with E-state index in [2.05, 4.69) is 21.2 Å². The fourth-order valence-corrected chi connectivity index (χ4v) is 1.98. The van der Waals surface area contributed by atoms with Gasteiger partial charge in [0.1, 0.15) is 11.5 Å². The van der Waals surface area contributed by atoms with Gasteiger partial charge in [-0.2, -0.15) is 0 Å². The van der Waals surface area contributed by atoms with Gasteiger partial charge in [-0.15, -0.1) is 0 Å². The summed E-state index contributed by atoms with van der Waals surface area (Å²) in [7, 11) is 1.58. The number of nitrogens with one attached hydrogen (secondary N) is 1. The van der Waals surface area contributed by atoms with Crippen LogP contribution in [0.4, 0.5) is 5.69 Å². The minimum absolute atomic E-state index is 0.178. The zero-order chi connectivity index (χ0) is 14.7. The molecule has 3 N–H and O–H groups in total. The number of aryl methyl sites for hydroxylation is 1. The number of carbonyl (C=O) groups is 1. The summed E-state index contributed by atoms with van der Waals surface area (Å²) < 4.78 is 6.76. The van der Waals surface area contributed by atoms with Crippen LogP contribution in [0.3, 0.4) is 0 Å². The molecule has 0 saturated heterocycles. The highest BCUT2D eigenvalue weighted by Crippen LogP contribution is 2.30. The lowest BCUT2D eigenvalue weighted by Gasteiger charge is -2.10. The number of hydrogen-bond donors (Lipinski definition) is 2. The first kappa shape index (κ1) is 14.4. The van der Waals surface area contributed by atoms with Crippen LogP contribution in [0.15, 0.2) is 40.9 Å². The first-order valence-electron chi connectivity index (χ1n) is 6.07. The summed E-state index contributed by atoms with van der Waals surface area (Å²) in [5.74, 6) is 1.05. The molecule has 0 aliphatic rings. The molecule has 0 spiro atoms. The summed E-state index contributed by atoms with van der Waals surface area (Å²) in [5, 5.41) is 2.55. The van der Waals surface area contributed by atoms with E-state index in [0.717, 1.165) is 10.0 Å². The molecule has 0 aliphatic carbocycles. The number of nitrogens with two attached hydrogens (primary N) is 1. The van der Waals surface area contributed by atoms with E-state index in [-0.39, 0.29) is 5.91 Å². The quantitative estimate of drug-likeness (QED) is 0.844. The number of rotatable bonds is 3. The van der Waals surface area contributed by atoms with Gasteiger partial charge in [-0.05, 0) is 48.9 Å². The molecule has 104 valence electrons. The maximum absolute atomic E-state index is 11.5. The second-order valence-corrected chi connectivity index (χ2v) is 5.20. The summed E-state index contributed by atoms with van der Waals surface area (Å²) in [6.45, 7) is 1.98. The van der Waals surface area contributed by atoms with Gasteiger partial charge >= 0.3 is 0 Å². The number of amides is 1. The predicted molar refractivity (Wildman–Crippen MR) is 83.2 cm³/mol. The third-order valence-corrected chi connectivity index (χ3v) is 3.75. The van der Waals surface area contributed by atoms with Crippen LogP contribution in [0.2, 0.25) is 0 Å². The molecule has 2 rings (SSSR count). The lowest BCUT2D eigenvalue weighted by atomic mass is 10.1. The zero-order valence-electron chi connectivity index (χ0n) is 11.2. The van der Waals surface area contributed by atoms with Crippen molar-refractivity contribution in [2.45, 2.75) is 6.92 Å². The fraction of sp³-hybridized carbons (Fsp3) is 0.133. The molecule has 0 unspecified atom stereocenters. The Morgan fingerprint density at radius 2 is 2.00 bits per heavy atom. The molecule has 0 heterocycles. The third kappa shape index (κ3) is 3.11. The number of benzene rings is 2. The monoisotopic (exact) mass is 334 g/mol. The van der Waals surface area contributed by atoms with Crippen molar-refractivity contribution < 1.29 is 9.53 Å². The van der Waals surface area contributed by atoms with Crippen LogP contribution in [0, 0.1) is 6.92 Å². The molecule has 4 nitrogen and oxygen atoms in total. The van der Waals surface area contributed by atoms with Gasteiger partial charge in [-0.1, -0.05) is 15.9 Å². The number of hydrogen-bond acceptors (Lipinski definition) is 3. The van der Waals surface area contributed by atoms with Gasteiger partial charge < -0.3 is 15.8 Å². The smallest absolute Gasteiger partial charge is 0.251 e. The Balaban J connectivity index is 2.25. The van der Waals surface area contributed by atoms with E-state index in [4.69, 9.17) is 10.5 Å². The Bertz CT molecular complexity index is 656. The van der Waals surface area contributed by atoms with Crippen molar-refractivity contribution in [1.82, 2.24) is 5.32 Å². The summed E-state index contributed by atoms with van der Waals surface area (Å²) >= 11 is 3.44. The van der Waals surface area contributed by atoms with Crippen molar-refractivity contribution in [2.24, 2.45) is 0 Å². The van der Waals surface area contributed by atoms with E-state index >= 15 is 0 Å². The average molecular weight is 335 g/mol. The summed E-state index contributed by atoms with van der Waals surface area (Å²) in [6.07, 6.45) is 0. The highest BCUT2D eigenvalue weighted by atomic mass is 79.9. The van der Waals surface area contributed by atoms with Crippen molar-refractivity contribution in [2.75, 3.05) is 12.8 Å². The second kappa shape index (κ2) is 5.96. The van der Waals surface area contributed by atoms with Crippen LogP contribution in [0.1, 0.15) is 15.9 Å². The highest BCUT2D eigenvalue weighted by molar-refractivity contribution is 9.10. The van der Waals surface area contributed by atoms with Crippen molar-refractivity contribution in [3.8, 4) is 11.5 Å². The van der Waals surface area contributed by atoms with E-state index < -0.39 is 0 Å². The van der Waals surface area contributed by atoms with Gasteiger partial charge in [0.15, 0.2) is 0 Å². The van der Waals surface area contributed by atoms with Crippen LogP contribution >= 0.6 is 15.9 Å². The molecule has 20 heavy (non-hydrogen) atoms. The Hall–Kier alpha value is -2.01. The van der Waals surface area contributed by atoms with Gasteiger partial charge in [0.25, 0.3) is 5.91 Å². The Morgan fingerprint density at radius 1 is 1.25 bits per heavy atom. The topological polar surface area (TPSA) is 64.3 Å². The SMILES string of the molecule is CNC(=O)c1ccc(Oc2ccc(Br)c(C)c2)c(N)c1. The molecule has 1 amide bonds. The summed E-state index contributed by atoms with van der Waals surface area (Å²) in [5.41, 5.74) is 7.91. The molecular weight excluding hydrogens is 320 g/mol. The maximum atomic E-state index is 11.5. The Kier molecular flexibility index (Phi) is 4.29. The van der Waals surface area contributed by atoms with E-state index in [9.17, 15) is 4.79 Å². The van der Waals surface area contributed by atoms with Crippen molar-refractivity contribution in [3.05, 3.63) is 52.0 Å². The molecule has 5 heteroatoms. The van der Waals surface area contributed by atoms with Gasteiger partial charge in [0.2, 0.25) is 0 Å². The van der Waals surface area contributed by atoms with Crippen molar-refractivity contribution in [3.63, 3.8) is 0 Å². The first-order valence-corrected chi connectivity index (χ1v) is 6.86. The van der Waals surface area contributed by atoms with Crippen molar-refractivity contribution in [1.29, 1.82) is 0 Å². The van der Waals surface area contributed by atoms with Crippen LogP contribution in [0.25, 0.3) is 0 Å². The van der Waals surface area contributed by atoms with Gasteiger partial charge in [-0.3, -0.25) is 4.79 Å². The minimum atomic E-state index is -0.178. The largest absolute Gasteiger partial charge is 0.455 e. The average Bonchev–Trinajstić information content (AvgIpc) is 2.44. The third-order valence-electron chi connectivity index (χ3n) is 2.86. The van der Waals surface area contributed by atoms with E-state index in [1.807, 2.05) is 25.1 Å². The van der Waals surface area contributed by atoms with Crippen molar-refractivity contribution >= 4 is 27.5 Å². The molecule has 2 aromatic carbocycles. The minimum Gasteiger partial charge on any atom is -0.455 e. The van der Waals surface area contributed by atoms with Gasteiger partial charge in [0, 0.05) is 17.1 Å². The number of carbonyl (C=O) groups excluding carboxylic acids is 1. The van der Waals surface area contributed by atoms with Gasteiger partial charge in [0.05, 0.1) is 5.69 Å². The van der Waals surface area contributed by atoms with E-state index in [0.29, 0.717) is 22.7 Å². The van der Waals surface area contributed by atoms with E-state index in [1.54, 1.807) is 25.2 Å². The first-order chi connectivity index (χ1) is 9.51. The highest BCUT2D eigenvalue weighted by Gasteiger charge is 2.08. The molecule has 0 fully saturated rings. The number of nitrogen functional groups attached to an aromatic ring is 1. The summed E-state index contributed by atoms with van der Waals surface area (Å²) in [4.78, 5) is 11.5. The summed E-state index contributed by atoms with van der Waals surface area (Å²) in [6, 6.07) is 10.6. The maximum Gasteiger partial charge on any atom is 0.251 e. The molecular formula is C15H15BrN2O2.